The Hall–Kier alpha value is -6.77. The van der Waals surface area contributed by atoms with Crippen LogP contribution in [0.2, 0.25) is 0 Å². The molecule has 4 rings (SSSR count). The first kappa shape index (κ1) is 98.6. The molecule has 4 aromatic carbocycles. The summed E-state index contributed by atoms with van der Waals surface area (Å²) >= 11 is 0. The van der Waals surface area contributed by atoms with E-state index < -0.39 is 152 Å². The van der Waals surface area contributed by atoms with Crippen LogP contribution in [0.1, 0.15) is 231 Å². The van der Waals surface area contributed by atoms with Crippen molar-refractivity contribution in [3.8, 4) is 5.75 Å². The third-order valence-electron chi connectivity index (χ3n) is 19.6. The van der Waals surface area contributed by atoms with Gasteiger partial charge in [0.25, 0.3) is 20.2 Å². The first-order chi connectivity index (χ1) is 53.2. The maximum absolute atomic E-state index is 15.9. The lowest BCUT2D eigenvalue weighted by molar-refractivity contribution is -0.153. The zero-order valence-electron chi connectivity index (χ0n) is 68.4. The molecule has 0 aliphatic carbocycles. The molecule has 0 fully saturated rings. The molecule has 0 bridgehead atoms. The van der Waals surface area contributed by atoms with Gasteiger partial charge in [0.1, 0.15) is 29.3 Å². The van der Waals surface area contributed by atoms with Crippen LogP contribution in [0, 0.1) is 0 Å². The molecule has 0 aliphatic rings. The molecule has 0 spiro atoms. The molecule has 30 nitrogen and oxygen atoms in total. The number of benzene rings is 4. The number of unbranched alkanes of at least 4 members (excludes halogenated alkanes) is 6. The zero-order valence-corrected chi connectivity index (χ0v) is 72.5. The highest BCUT2D eigenvalue weighted by molar-refractivity contribution is 7.91. The number of carbonyl (C=O) groups is 6. The smallest absolute Gasteiger partial charge is 0.285 e. The molecular formula is C78H127N11O19S5. The van der Waals surface area contributed by atoms with Crippen molar-refractivity contribution in [1.82, 2.24) is 56.2 Å². The Morgan fingerprint density at radius 2 is 0.690 bits per heavy atom. The molecule has 3 unspecified atom stereocenters. The highest BCUT2D eigenvalue weighted by atomic mass is 32.2. The lowest BCUT2D eigenvalue weighted by Crippen LogP contribution is -2.54. The number of phenolic OH excluding ortho intramolecular Hbond substituents is 1. The Kier molecular flexibility index (Phi) is 40.3. The summed E-state index contributed by atoms with van der Waals surface area (Å²) in [6.45, 7) is 32.2. The Labute approximate surface area is 671 Å². The van der Waals surface area contributed by atoms with E-state index in [9.17, 15) is 50.7 Å². The van der Waals surface area contributed by atoms with Crippen LogP contribution in [0.25, 0.3) is 32.3 Å². The molecule has 4 aromatic rings. The van der Waals surface area contributed by atoms with Gasteiger partial charge in [0.05, 0.1) is 20.7 Å². The van der Waals surface area contributed by atoms with Gasteiger partial charge in [-0.3, -0.25) is 28.8 Å². The summed E-state index contributed by atoms with van der Waals surface area (Å²) in [4.78, 5) is 77.4. The maximum atomic E-state index is 15.9. The minimum Gasteiger partial charge on any atom is -0.507 e. The fraction of sp³-hybridized carbons (Fsp3) is 0.641. The molecule has 638 valence electrons. The lowest BCUT2D eigenvalue weighted by Gasteiger charge is -2.43. The molecule has 0 saturated heterocycles. The van der Waals surface area contributed by atoms with Crippen LogP contribution in [0.4, 0.5) is 0 Å². The number of sulfonamides is 3. The van der Waals surface area contributed by atoms with Crippen LogP contribution in [0.3, 0.4) is 0 Å². The van der Waals surface area contributed by atoms with E-state index in [0.29, 0.717) is 96.0 Å². The largest absolute Gasteiger partial charge is 0.507 e. The van der Waals surface area contributed by atoms with E-state index in [1.54, 1.807) is 0 Å². The maximum Gasteiger partial charge on any atom is 0.285 e. The normalized spacial score (nSPS) is 13.5. The first-order valence-corrected chi connectivity index (χ1v) is 47.4. The van der Waals surface area contributed by atoms with Crippen molar-refractivity contribution in [2.45, 2.75) is 275 Å². The SMILES string of the molecule is C=C(C)C(=O)NCCCNC(=O)C(C)NS(=O)(=O)c1cc(S(=O)(=O)NC(CS(=O)(=O)ON(CCCC)C(CCC)(CCCC)CCCC)C(=O)NCCCNC(=O)C(=C)C)c2ccc3c(S(=O)(=O)NC(CS(=O)(=O)ON(CCCC)C(CCC)(CCCC)CCCC)C(=O)NCCCNC(=O)C(=C)C)cc(O)c4ccc1c2c43. The highest BCUT2D eigenvalue weighted by Crippen LogP contribution is 2.46. The molecule has 0 aliphatic heterocycles. The van der Waals surface area contributed by atoms with E-state index in [4.69, 9.17) is 8.57 Å². The molecule has 0 aromatic heterocycles. The highest BCUT2D eigenvalue weighted by Gasteiger charge is 2.44. The summed E-state index contributed by atoms with van der Waals surface area (Å²) in [6.07, 6.45) is 13.1. The lowest BCUT2D eigenvalue weighted by atomic mass is 9.82. The summed E-state index contributed by atoms with van der Waals surface area (Å²) in [5.41, 5.74) is -0.954. The minimum atomic E-state index is -5.52. The number of aromatic hydroxyl groups is 1. The van der Waals surface area contributed by atoms with Crippen molar-refractivity contribution >= 4 is 118 Å². The first-order valence-electron chi connectivity index (χ1n) is 39.8. The van der Waals surface area contributed by atoms with E-state index in [-0.39, 0.29) is 115 Å². The number of nitrogens with one attached hydrogen (secondary N) is 9. The van der Waals surface area contributed by atoms with Crippen molar-refractivity contribution in [3.63, 3.8) is 0 Å². The van der Waals surface area contributed by atoms with Gasteiger partial charge in [-0.1, -0.05) is 170 Å². The van der Waals surface area contributed by atoms with Gasteiger partial charge in [-0.25, -0.2) is 25.3 Å². The fourth-order valence-electron chi connectivity index (χ4n) is 13.6. The predicted octanol–water partition coefficient (Wildman–Crippen LogP) is 9.41. The Morgan fingerprint density at radius 1 is 0.398 bits per heavy atom. The molecule has 113 heavy (non-hydrogen) atoms. The number of hydrogen-bond acceptors (Lipinski definition) is 21. The molecule has 0 heterocycles. The van der Waals surface area contributed by atoms with Gasteiger partial charge in [0.15, 0.2) is 0 Å². The van der Waals surface area contributed by atoms with E-state index in [1.807, 2.05) is 55.4 Å². The van der Waals surface area contributed by atoms with Crippen LogP contribution in [-0.4, -0.2) is 186 Å². The molecule has 6 amide bonds. The van der Waals surface area contributed by atoms with Crippen LogP contribution >= 0.6 is 0 Å². The monoisotopic (exact) mass is 1680 g/mol. The predicted molar refractivity (Wildman–Crippen MR) is 443 cm³/mol. The number of carbonyl (C=O) groups excluding carboxylic acids is 6. The van der Waals surface area contributed by atoms with Gasteiger partial charge >= 0.3 is 0 Å². The molecule has 3 atom stereocenters. The van der Waals surface area contributed by atoms with E-state index >= 15 is 25.3 Å². The Morgan fingerprint density at radius 3 is 1.01 bits per heavy atom. The van der Waals surface area contributed by atoms with Crippen molar-refractivity contribution in [1.29, 1.82) is 0 Å². The standard InChI is InChI=1S/C78H127N11O19S5/c1-16-24-39-77(37-22-7,40-25-17-2)88(49-28-20-5)107-109(97,98)53-63(75(95)83-47-31-44-80-72(92)56(11)12)86-112(103,104)66-51-65(90)59-33-34-61-67(111(101,102)85-58(15)74(94)82-46-30-43-79-71(91)55(9)10)52-68(62-36-35-60(66)69(59)70(61)62)113(105,106)87-64(76(96)84-48-32-45-81-73(93)57(13)14)54-110(99,100)108-89(50-29-21-6)78(38-23-8,41-26-18-3)42-27-19-4/h33-36,51-52,58,63-64,85-87,90H,9,11,13,16-32,37-50,53-54H2,1-8,10,12,14-15H3,(H,79,91)(H,80,92)(H,81,93)(H,82,94)(H,83,95)(H,84,96). The minimum absolute atomic E-state index is 0.00760. The number of phenols is 1. The van der Waals surface area contributed by atoms with E-state index in [0.717, 1.165) is 56.7 Å². The van der Waals surface area contributed by atoms with Crippen molar-refractivity contribution in [2.24, 2.45) is 0 Å². The van der Waals surface area contributed by atoms with Crippen LogP contribution in [-0.2, 0) is 87.6 Å². The van der Waals surface area contributed by atoms with Gasteiger partial charge in [0.2, 0.25) is 65.5 Å². The van der Waals surface area contributed by atoms with Gasteiger partial charge in [-0.05, 0) is 110 Å². The van der Waals surface area contributed by atoms with Crippen LogP contribution in [0.15, 0.2) is 87.5 Å². The van der Waals surface area contributed by atoms with Crippen molar-refractivity contribution in [3.05, 3.63) is 72.9 Å². The number of rotatable bonds is 59. The Balaban J connectivity index is 2.12. The van der Waals surface area contributed by atoms with Crippen molar-refractivity contribution in [2.75, 3.05) is 63.9 Å². The summed E-state index contributed by atoms with van der Waals surface area (Å²) < 4.78 is 172. The molecule has 10 N–H and O–H groups in total. The molecule has 35 heteroatoms. The van der Waals surface area contributed by atoms with E-state index in [2.05, 4.69) is 65.8 Å². The number of hydrogen-bond donors (Lipinski definition) is 10. The molecule has 0 saturated carbocycles. The second-order valence-electron chi connectivity index (χ2n) is 29.4. The van der Waals surface area contributed by atoms with Crippen LogP contribution < -0.4 is 46.1 Å². The Bertz CT molecular complexity index is 4490. The van der Waals surface area contributed by atoms with Gasteiger partial charge in [-0.15, -0.1) is 0 Å². The summed E-state index contributed by atoms with van der Waals surface area (Å²) in [6, 6.07) is 0.0493. The third-order valence-corrected chi connectivity index (χ3v) is 26.5. The molecule has 0 radical (unpaired) electrons. The fourth-order valence-corrected chi connectivity index (χ4v) is 20.6. The van der Waals surface area contributed by atoms with Crippen LogP contribution in [0.5, 0.6) is 5.75 Å². The van der Waals surface area contributed by atoms with Gasteiger partial charge < -0.3 is 37.0 Å². The zero-order chi connectivity index (χ0) is 84.7. The van der Waals surface area contributed by atoms with Gasteiger partial charge in [-0.2, -0.15) is 49.7 Å². The third kappa shape index (κ3) is 29.1. The number of nitrogens with zero attached hydrogens (tertiary/aromatic N) is 2. The quantitative estimate of drug-likeness (QED) is 0.00851. The topological polar surface area (TPSA) is 427 Å². The van der Waals surface area contributed by atoms with Gasteiger partial charge in [0, 0.05) is 119 Å². The summed E-state index contributed by atoms with van der Waals surface area (Å²) in [5.74, 6) is -8.07. The summed E-state index contributed by atoms with van der Waals surface area (Å²) in [7, 11) is -26.1. The number of hydroxylamine groups is 4. The van der Waals surface area contributed by atoms with Crippen molar-refractivity contribution < 1.29 is 84.5 Å². The average Bonchev–Trinajstić information content (AvgIpc) is 0.703. The van der Waals surface area contributed by atoms with E-state index in [1.165, 1.54) is 50.0 Å². The second kappa shape index (κ2) is 46.2. The summed E-state index contributed by atoms with van der Waals surface area (Å²) in [5, 5.41) is 28.7. The average molecular weight is 1680 g/mol. The molecular weight excluding hydrogens is 1560 g/mol. The number of amides is 6. The second-order valence-corrected chi connectivity index (χ2v) is 37.7.